The Bertz CT molecular complexity index is 422. The lowest BCUT2D eigenvalue weighted by atomic mass is 10.4. The Morgan fingerprint density at radius 3 is 1.93 bits per heavy atom. The van der Waals surface area contributed by atoms with Crippen molar-refractivity contribution < 1.29 is 22.7 Å². The van der Waals surface area contributed by atoms with Crippen molar-refractivity contribution in [3.63, 3.8) is 0 Å². The number of halogens is 1. The molecule has 1 rings (SSSR count). The average Bonchev–Trinajstić information content (AvgIpc) is 2.01. The number of hydrogen-bond acceptors (Lipinski definition) is 3. The smallest absolute Gasteiger partial charge is 0.402 e. The number of carbonyl (C=O) groups is 1. The minimum Gasteiger partial charge on any atom is -0.465 e. The summed E-state index contributed by atoms with van der Waals surface area (Å²) in [4.78, 5) is 8.92. The Morgan fingerprint density at radius 2 is 1.67 bits per heavy atom. The predicted molar refractivity (Wildman–Crippen MR) is 51.7 cm³/mol. The number of hydrogen-bond donors (Lipinski definition) is 2. The fourth-order valence-electron chi connectivity index (χ4n) is 0.682. The Labute approximate surface area is 86.3 Å². The monoisotopic (exact) mass is 235 g/mol. The third-order valence-corrected chi connectivity index (χ3v) is 2.37. The molecule has 0 spiro atoms. The van der Waals surface area contributed by atoms with Gasteiger partial charge in [-0.05, 0) is 24.3 Å². The van der Waals surface area contributed by atoms with Gasteiger partial charge in [-0.25, -0.2) is 17.6 Å². The maximum Gasteiger partial charge on any atom is 0.402 e. The molecule has 1 aromatic carbocycles. The van der Waals surface area contributed by atoms with Crippen molar-refractivity contribution >= 4 is 15.9 Å². The zero-order chi connectivity index (χ0) is 12.1. The molecule has 0 atom stereocenters. The van der Waals surface area contributed by atoms with E-state index in [1.165, 1.54) is 12.1 Å². The lowest BCUT2D eigenvalue weighted by Gasteiger charge is -1.95. The van der Waals surface area contributed by atoms with Gasteiger partial charge >= 0.3 is 6.09 Å². The van der Waals surface area contributed by atoms with Crippen LogP contribution in [0.5, 0.6) is 0 Å². The summed E-state index contributed by atoms with van der Waals surface area (Å²) < 4.78 is 33.9. The summed E-state index contributed by atoms with van der Waals surface area (Å²) in [5, 5.41) is 7.19. The highest BCUT2D eigenvalue weighted by molar-refractivity contribution is 7.90. The van der Waals surface area contributed by atoms with Gasteiger partial charge in [-0.1, -0.05) is 0 Å². The van der Waals surface area contributed by atoms with Crippen molar-refractivity contribution in [2.75, 3.05) is 6.26 Å². The van der Waals surface area contributed by atoms with Crippen molar-refractivity contribution in [3.8, 4) is 0 Å². The topological polar surface area (TPSA) is 97.5 Å². The molecule has 0 aliphatic carbocycles. The van der Waals surface area contributed by atoms with Crippen LogP contribution in [-0.2, 0) is 9.84 Å². The van der Waals surface area contributed by atoms with Crippen LogP contribution in [0.15, 0.2) is 29.2 Å². The van der Waals surface area contributed by atoms with Crippen molar-refractivity contribution in [1.82, 2.24) is 0 Å². The standard InChI is InChI=1S/C7H7FO2S.CH3NO2/c1-11(9,10)7-4-2-6(8)3-5-7;2-1(3)4/h2-5H,1H3;2H2,(H,3,4). The fraction of sp³-hybridized carbons (Fsp3) is 0.125. The van der Waals surface area contributed by atoms with Crippen LogP contribution in [0.2, 0.25) is 0 Å². The molecule has 0 heterocycles. The van der Waals surface area contributed by atoms with Crippen LogP contribution in [0, 0.1) is 5.82 Å². The number of rotatable bonds is 1. The summed E-state index contributed by atoms with van der Waals surface area (Å²) in [6.07, 6.45) is -0.250. The van der Waals surface area contributed by atoms with Gasteiger partial charge in [0.2, 0.25) is 0 Å². The highest BCUT2D eigenvalue weighted by Gasteiger charge is 2.04. The van der Waals surface area contributed by atoms with E-state index in [9.17, 15) is 12.8 Å². The maximum atomic E-state index is 12.3. The van der Waals surface area contributed by atoms with Gasteiger partial charge in [0.15, 0.2) is 9.84 Å². The largest absolute Gasteiger partial charge is 0.465 e. The minimum atomic E-state index is -3.19. The van der Waals surface area contributed by atoms with E-state index in [-0.39, 0.29) is 4.90 Å². The molecule has 1 aromatic rings. The van der Waals surface area contributed by atoms with Gasteiger partial charge in [-0.15, -0.1) is 0 Å². The predicted octanol–water partition coefficient (Wildman–Crippen LogP) is 0.852. The zero-order valence-electron chi connectivity index (χ0n) is 7.84. The summed E-state index contributed by atoms with van der Waals surface area (Å²) in [5.74, 6) is -0.433. The molecule has 0 saturated carbocycles. The molecule has 3 N–H and O–H groups in total. The summed E-state index contributed by atoms with van der Waals surface area (Å²) in [5.41, 5.74) is 4.03. The molecule has 0 unspecified atom stereocenters. The summed E-state index contributed by atoms with van der Waals surface area (Å²) >= 11 is 0. The van der Waals surface area contributed by atoms with Gasteiger partial charge in [0.05, 0.1) is 4.90 Å². The summed E-state index contributed by atoms with van der Waals surface area (Å²) in [6, 6.07) is 4.72. The van der Waals surface area contributed by atoms with E-state index in [4.69, 9.17) is 9.90 Å². The molecule has 0 saturated heterocycles. The Kier molecular flexibility index (Phi) is 4.72. The molecule has 0 radical (unpaired) electrons. The highest BCUT2D eigenvalue weighted by atomic mass is 32.2. The van der Waals surface area contributed by atoms with Crippen LogP contribution in [0.3, 0.4) is 0 Å². The molecular formula is C8H10FNO4S. The van der Waals surface area contributed by atoms with E-state index in [1.807, 2.05) is 0 Å². The second-order valence-corrected chi connectivity index (χ2v) is 4.58. The van der Waals surface area contributed by atoms with Crippen LogP contribution >= 0.6 is 0 Å². The molecule has 7 heteroatoms. The Balaban J connectivity index is 0.000000423. The second-order valence-electron chi connectivity index (χ2n) is 2.56. The molecule has 0 aliphatic rings. The van der Waals surface area contributed by atoms with E-state index < -0.39 is 21.7 Å². The van der Waals surface area contributed by atoms with Crippen molar-refractivity contribution in [2.24, 2.45) is 5.73 Å². The van der Waals surface area contributed by atoms with E-state index >= 15 is 0 Å². The fourth-order valence-corrected chi connectivity index (χ4v) is 1.31. The van der Waals surface area contributed by atoms with Gasteiger partial charge in [-0.2, -0.15) is 0 Å². The quantitative estimate of drug-likeness (QED) is 0.705. The minimum absolute atomic E-state index is 0.138. The SMILES string of the molecule is CS(=O)(=O)c1ccc(F)cc1.NC(=O)O. The van der Waals surface area contributed by atoms with E-state index in [0.29, 0.717) is 0 Å². The van der Waals surface area contributed by atoms with Crippen molar-refractivity contribution in [1.29, 1.82) is 0 Å². The number of benzene rings is 1. The molecule has 0 aromatic heterocycles. The molecule has 0 bridgehead atoms. The molecular weight excluding hydrogens is 225 g/mol. The first-order valence-corrected chi connectivity index (χ1v) is 5.56. The van der Waals surface area contributed by atoms with E-state index in [1.54, 1.807) is 0 Å². The number of nitrogens with two attached hydrogens (primary N) is 1. The van der Waals surface area contributed by atoms with Gasteiger partial charge < -0.3 is 10.8 Å². The number of amides is 1. The summed E-state index contributed by atoms with van der Waals surface area (Å²) in [6.45, 7) is 0. The highest BCUT2D eigenvalue weighted by Crippen LogP contribution is 2.08. The van der Waals surface area contributed by atoms with Crippen molar-refractivity contribution in [2.45, 2.75) is 4.90 Å². The van der Waals surface area contributed by atoms with E-state index in [2.05, 4.69) is 5.73 Å². The van der Waals surface area contributed by atoms with Crippen LogP contribution < -0.4 is 5.73 Å². The third-order valence-electron chi connectivity index (χ3n) is 1.24. The number of carboxylic acid groups (broad SMARTS) is 1. The molecule has 0 fully saturated rings. The molecule has 0 aliphatic heterocycles. The van der Waals surface area contributed by atoms with Crippen LogP contribution in [0.25, 0.3) is 0 Å². The van der Waals surface area contributed by atoms with Crippen molar-refractivity contribution in [3.05, 3.63) is 30.1 Å². The lowest BCUT2D eigenvalue weighted by Crippen LogP contribution is -2.03. The average molecular weight is 235 g/mol. The lowest BCUT2D eigenvalue weighted by molar-refractivity contribution is 0.205. The Morgan fingerprint density at radius 1 is 1.33 bits per heavy atom. The normalized spacial score (nSPS) is 10.0. The van der Waals surface area contributed by atoms with Gasteiger partial charge in [0.25, 0.3) is 0 Å². The third kappa shape index (κ3) is 6.44. The molecule has 5 nitrogen and oxygen atoms in total. The molecule has 1 amide bonds. The second kappa shape index (κ2) is 5.30. The van der Waals surface area contributed by atoms with Gasteiger partial charge in [0.1, 0.15) is 5.82 Å². The van der Waals surface area contributed by atoms with Crippen LogP contribution in [0.1, 0.15) is 0 Å². The zero-order valence-corrected chi connectivity index (χ0v) is 8.66. The van der Waals surface area contributed by atoms with E-state index in [0.717, 1.165) is 18.4 Å². The number of primary amides is 1. The first kappa shape index (κ1) is 13.4. The molecule has 84 valence electrons. The van der Waals surface area contributed by atoms with Crippen LogP contribution in [-0.4, -0.2) is 25.9 Å². The first-order chi connectivity index (χ1) is 6.73. The van der Waals surface area contributed by atoms with Gasteiger partial charge in [0, 0.05) is 6.26 Å². The first-order valence-electron chi connectivity index (χ1n) is 3.67. The van der Waals surface area contributed by atoms with Gasteiger partial charge in [-0.3, -0.25) is 0 Å². The summed E-state index contributed by atoms with van der Waals surface area (Å²) in [7, 11) is -3.19. The maximum absolute atomic E-state index is 12.3. The Hall–Kier alpha value is -1.63. The van der Waals surface area contributed by atoms with Crippen LogP contribution in [0.4, 0.5) is 9.18 Å². The number of sulfone groups is 1. The molecule has 15 heavy (non-hydrogen) atoms.